The molecule has 0 unspecified atom stereocenters. The Hall–Kier alpha value is -2.81. The van der Waals surface area contributed by atoms with Gasteiger partial charge in [-0.1, -0.05) is 12.1 Å². The second-order valence-corrected chi connectivity index (χ2v) is 8.46. The van der Waals surface area contributed by atoms with Crippen molar-refractivity contribution in [2.75, 3.05) is 22.7 Å². The summed E-state index contributed by atoms with van der Waals surface area (Å²) in [6, 6.07) is 11.7. The van der Waals surface area contributed by atoms with Crippen LogP contribution in [0.1, 0.15) is 30.4 Å². The number of aryl methyl sites for hydroxylation is 1. The minimum atomic E-state index is -4.61. The molecule has 0 aliphatic carbocycles. The predicted octanol–water partition coefficient (Wildman–Crippen LogP) is 6.72. The van der Waals surface area contributed by atoms with Crippen LogP contribution in [0.4, 0.5) is 29.2 Å². The summed E-state index contributed by atoms with van der Waals surface area (Å²) >= 11 is 1.17. The summed E-state index contributed by atoms with van der Waals surface area (Å²) in [5, 5.41) is 0.679. The molecule has 1 aliphatic heterocycles. The minimum Gasteiger partial charge on any atom is -0.357 e. The summed E-state index contributed by atoms with van der Waals surface area (Å²) in [5.74, 6) is 0.492. The van der Waals surface area contributed by atoms with Crippen molar-refractivity contribution >= 4 is 23.6 Å². The molecule has 1 aliphatic rings. The number of nitrogens with one attached hydrogen (secondary N) is 1. The molecule has 168 valence electrons. The SMILES string of the molecule is Cc1ccc(F)cc1-c1nc(NSc2cccc(N3CCCCC3)n2)ccc1C(F)(F)F. The van der Waals surface area contributed by atoms with Crippen LogP contribution in [0.3, 0.4) is 0 Å². The molecule has 9 heteroatoms. The van der Waals surface area contributed by atoms with Gasteiger partial charge in [-0.2, -0.15) is 13.2 Å². The van der Waals surface area contributed by atoms with Crippen LogP contribution in [0.2, 0.25) is 0 Å². The van der Waals surface area contributed by atoms with Gasteiger partial charge < -0.3 is 9.62 Å². The van der Waals surface area contributed by atoms with Crippen LogP contribution in [0.15, 0.2) is 53.6 Å². The molecule has 1 N–H and O–H groups in total. The molecular weight excluding hydrogens is 440 g/mol. The Morgan fingerprint density at radius 1 is 0.969 bits per heavy atom. The molecule has 3 heterocycles. The van der Waals surface area contributed by atoms with Gasteiger partial charge in [-0.25, -0.2) is 14.4 Å². The number of rotatable bonds is 5. The van der Waals surface area contributed by atoms with Crippen molar-refractivity contribution in [3.05, 3.63) is 65.5 Å². The summed E-state index contributed by atoms with van der Waals surface area (Å²) in [6.45, 7) is 3.55. The fourth-order valence-corrected chi connectivity index (χ4v) is 4.27. The number of alkyl halides is 3. The van der Waals surface area contributed by atoms with Crippen molar-refractivity contribution in [1.82, 2.24) is 9.97 Å². The standard InChI is InChI=1S/C23H22F4N4S/c1-15-8-9-16(24)14-17(15)22-18(23(25,26)27)10-11-19(28-22)30-32-21-7-5-6-20(29-21)31-12-3-2-4-13-31/h5-11,14H,2-4,12-13H2,1H3,(H,28,30). The van der Waals surface area contributed by atoms with Gasteiger partial charge in [0.25, 0.3) is 0 Å². The van der Waals surface area contributed by atoms with Crippen LogP contribution in [-0.2, 0) is 6.18 Å². The maximum absolute atomic E-state index is 13.8. The van der Waals surface area contributed by atoms with Gasteiger partial charge in [-0.15, -0.1) is 0 Å². The first kappa shape index (κ1) is 22.4. The number of hydrogen-bond acceptors (Lipinski definition) is 5. The molecule has 0 radical (unpaired) electrons. The fourth-order valence-electron chi connectivity index (χ4n) is 3.66. The van der Waals surface area contributed by atoms with Crippen molar-refractivity contribution in [2.45, 2.75) is 37.4 Å². The molecule has 0 spiro atoms. The van der Waals surface area contributed by atoms with Crippen molar-refractivity contribution < 1.29 is 17.6 Å². The third-order valence-electron chi connectivity index (χ3n) is 5.30. The number of halogens is 4. The van der Waals surface area contributed by atoms with E-state index in [0.717, 1.165) is 43.9 Å². The molecular formula is C23H22F4N4S. The zero-order valence-corrected chi connectivity index (χ0v) is 18.2. The van der Waals surface area contributed by atoms with Gasteiger partial charge in [0.2, 0.25) is 0 Å². The average Bonchev–Trinajstić information content (AvgIpc) is 2.79. The molecule has 4 rings (SSSR count). The zero-order valence-electron chi connectivity index (χ0n) is 17.4. The summed E-state index contributed by atoms with van der Waals surface area (Å²) in [4.78, 5) is 11.1. The Morgan fingerprint density at radius 2 is 1.75 bits per heavy atom. The number of anilines is 2. The maximum Gasteiger partial charge on any atom is 0.418 e. The van der Waals surface area contributed by atoms with Crippen LogP contribution in [0, 0.1) is 12.7 Å². The molecule has 0 amide bonds. The van der Waals surface area contributed by atoms with E-state index >= 15 is 0 Å². The normalized spacial score (nSPS) is 14.5. The summed E-state index contributed by atoms with van der Waals surface area (Å²) < 4.78 is 57.5. The second-order valence-electron chi connectivity index (χ2n) is 7.64. The molecule has 2 aromatic heterocycles. The molecule has 0 atom stereocenters. The Morgan fingerprint density at radius 3 is 2.50 bits per heavy atom. The number of nitrogens with zero attached hydrogens (tertiary/aromatic N) is 3. The molecule has 3 aromatic rings. The Bertz CT molecular complexity index is 1100. The first-order valence-electron chi connectivity index (χ1n) is 10.3. The van der Waals surface area contributed by atoms with E-state index in [2.05, 4.69) is 19.6 Å². The van der Waals surface area contributed by atoms with E-state index in [1.807, 2.05) is 18.2 Å². The van der Waals surface area contributed by atoms with Gasteiger partial charge in [-0.3, -0.25) is 0 Å². The van der Waals surface area contributed by atoms with E-state index in [1.165, 1.54) is 36.6 Å². The number of pyridine rings is 2. The third-order valence-corrected chi connectivity index (χ3v) is 6.05. The largest absolute Gasteiger partial charge is 0.418 e. The zero-order chi connectivity index (χ0) is 22.7. The lowest BCUT2D eigenvalue weighted by Gasteiger charge is -2.27. The highest BCUT2D eigenvalue weighted by molar-refractivity contribution is 8.00. The maximum atomic E-state index is 13.8. The van der Waals surface area contributed by atoms with E-state index in [-0.39, 0.29) is 17.1 Å². The van der Waals surface area contributed by atoms with E-state index in [1.54, 1.807) is 6.92 Å². The number of benzene rings is 1. The number of piperidine rings is 1. The topological polar surface area (TPSA) is 41.1 Å². The molecule has 1 fully saturated rings. The summed E-state index contributed by atoms with van der Waals surface area (Å²) in [7, 11) is 0. The Balaban J connectivity index is 1.59. The van der Waals surface area contributed by atoms with Crippen molar-refractivity contribution in [1.29, 1.82) is 0 Å². The Kier molecular flexibility index (Phi) is 6.55. The van der Waals surface area contributed by atoms with Gasteiger partial charge in [0.05, 0.1) is 11.3 Å². The monoisotopic (exact) mass is 462 g/mol. The highest BCUT2D eigenvalue weighted by atomic mass is 32.2. The predicted molar refractivity (Wildman–Crippen MR) is 119 cm³/mol. The van der Waals surface area contributed by atoms with Gasteiger partial charge in [0.15, 0.2) is 0 Å². The first-order chi connectivity index (χ1) is 15.3. The third kappa shape index (κ3) is 5.15. The van der Waals surface area contributed by atoms with E-state index in [9.17, 15) is 17.6 Å². The average molecular weight is 463 g/mol. The lowest BCUT2D eigenvalue weighted by atomic mass is 10.0. The molecule has 1 saturated heterocycles. The van der Waals surface area contributed by atoms with E-state index in [4.69, 9.17) is 0 Å². The van der Waals surface area contributed by atoms with Crippen molar-refractivity contribution in [3.63, 3.8) is 0 Å². The lowest BCUT2D eigenvalue weighted by molar-refractivity contribution is -0.137. The van der Waals surface area contributed by atoms with Crippen LogP contribution >= 0.6 is 11.9 Å². The summed E-state index contributed by atoms with van der Waals surface area (Å²) in [6.07, 6.45) is -1.12. The molecule has 0 bridgehead atoms. The molecule has 0 saturated carbocycles. The fraction of sp³-hybridized carbons (Fsp3) is 0.304. The molecule has 4 nitrogen and oxygen atoms in total. The van der Waals surface area contributed by atoms with Crippen LogP contribution in [-0.4, -0.2) is 23.1 Å². The smallest absolute Gasteiger partial charge is 0.357 e. The van der Waals surface area contributed by atoms with Gasteiger partial charge >= 0.3 is 6.18 Å². The van der Waals surface area contributed by atoms with Crippen LogP contribution in [0.5, 0.6) is 0 Å². The van der Waals surface area contributed by atoms with E-state index in [0.29, 0.717) is 10.6 Å². The van der Waals surface area contributed by atoms with Crippen molar-refractivity contribution in [3.8, 4) is 11.3 Å². The highest BCUT2D eigenvalue weighted by Gasteiger charge is 2.35. The van der Waals surface area contributed by atoms with Gasteiger partial charge in [0.1, 0.15) is 22.5 Å². The Labute approximate surface area is 188 Å². The second kappa shape index (κ2) is 9.36. The molecule has 32 heavy (non-hydrogen) atoms. The molecule has 1 aromatic carbocycles. The first-order valence-corrected chi connectivity index (χ1v) is 11.1. The quantitative estimate of drug-likeness (QED) is 0.337. The highest BCUT2D eigenvalue weighted by Crippen LogP contribution is 2.38. The van der Waals surface area contributed by atoms with Gasteiger partial charge in [-0.05, 0) is 68.1 Å². The lowest BCUT2D eigenvalue weighted by Crippen LogP contribution is -2.30. The van der Waals surface area contributed by atoms with E-state index < -0.39 is 17.6 Å². The summed E-state index contributed by atoms with van der Waals surface area (Å²) in [5.41, 5.74) is -0.608. The van der Waals surface area contributed by atoms with Crippen LogP contribution < -0.4 is 9.62 Å². The van der Waals surface area contributed by atoms with Gasteiger partial charge in [0, 0.05) is 30.6 Å². The van der Waals surface area contributed by atoms with Crippen LogP contribution in [0.25, 0.3) is 11.3 Å². The minimum absolute atomic E-state index is 0.108. The number of hydrogen-bond donors (Lipinski definition) is 1. The van der Waals surface area contributed by atoms with Crippen molar-refractivity contribution in [2.24, 2.45) is 0 Å². The number of aromatic nitrogens is 2.